The average Bonchev–Trinajstić information content (AvgIpc) is 3.10. The molecule has 146 valence electrons. The van der Waals surface area contributed by atoms with Gasteiger partial charge < -0.3 is 15.4 Å². The number of phenols is 1. The largest absolute Gasteiger partial charge is 0.508 e. The zero-order valence-corrected chi connectivity index (χ0v) is 16.4. The Morgan fingerprint density at radius 3 is 2.72 bits per heavy atom. The molecule has 0 aliphatic carbocycles. The summed E-state index contributed by atoms with van der Waals surface area (Å²) in [6.07, 6.45) is 0. The van der Waals surface area contributed by atoms with E-state index in [2.05, 4.69) is 26.1 Å². The second-order valence-electron chi connectivity index (χ2n) is 6.44. The van der Waals surface area contributed by atoms with Crippen molar-refractivity contribution >= 4 is 45.0 Å². The molecule has 1 amide bonds. The fourth-order valence-electron chi connectivity index (χ4n) is 3.21. The summed E-state index contributed by atoms with van der Waals surface area (Å²) in [5.74, 6) is -0.292. The zero-order chi connectivity index (χ0) is 20.4. The van der Waals surface area contributed by atoms with E-state index in [0.29, 0.717) is 22.9 Å². The van der Waals surface area contributed by atoms with Gasteiger partial charge >= 0.3 is 0 Å². The van der Waals surface area contributed by atoms with Crippen molar-refractivity contribution in [3.05, 3.63) is 60.3 Å². The van der Waals surface area contributed by atoms with Crippen molar-refractivity contribution in [2.45, 2.75) is 6.92 Å². The molecule has 8 heteroatoms. The summed E-state index contributed by atoms with van der Waals surface area (Å²) in [4.78, 5) is 20.7. The van der Waals surface area contributed by atoms with Gasteiger partial charge in [0.1, 0.15) is 11.4 Å². The predicted molar refractivity (Wildman–Crippen MR) is 118 cm³/mol. The van der Waals surface area contributed by atoms with Gasteiger partial charge in [0, 0.05) is 28.4 Å². The van der Waals surface area contributed by atoms with E-state index < -0.39 is 5.91 Å². The SMILES string of the molecule is CCNC(=S)NNC(=O)c1cc2c([nH]c3ccccc32)c(-c2cccc(O)c2)n1. The molecule has 0 unspecified atom stereocenters. The van der Waals surface area contributed by atoms with Crippen molar-refractivity contribution in [2.75, 3.05) is 6.54 Å². The van der Waals surface area contributed by atoms with Crippen molar-refractivity contribution in [1.82, 2.24) is 26.1 Å². The molecule has 0 saturated heterocycles. The number of rotatable bonds is 3. The Bertz CT molecular complexity index is 1230. The summed E-state index contributed by atoms with van der Waals surface area (Å²) in [7, 11) is 0. The lowest BCUT2D eigenvalue weighted by atomic mass is 10.1. The third kappa shape index (κ3) is 3.70. The number of aromatic nitrogens is 2. The summed E-state index contributed by atoms with van der Waals surface area (Å²) in [5.41, 5.74) is 8.47. The molecule has 4 aromatic rings. The van der Waals surface area contributed by atoms with Crippen LogP contribution in [0, 0.1) is 0 Å². The van der Waals surface area contributed by atoms with Gasteiger partial charge in [0.2, 0.25) is 0 Å². The average molecular weight is 405 g/mol. The first kappa shape index (κ1) is 18.7. The molecule has 0 saturated carbocycles. The van der Waals surface area contributed by atoms with E-state index in [-0.39, 0.29) is 11.4 Å². The lowest BCUT2D eigenvalue weighted by Gasteiger charge is -2.11. The molecule has 0 bridgehead atoms. The highest BCUT2D eigenvalue weighted by molar-refractivity contribution is 7.80. The number of benzene rings is 2. The van der Waals surface area contributed by atoms with Crippen molar-refractivity contribution in [3.8, 4) is 17.0 Å². The van der Waals surface area contributed by atoms with Crippen LogP contribution in [0.15, 0.2) is 54.6 Å². The highest BCUT2D eigenvalue weighted by Crippen LogP contribution is 2.33. The topological polar surface area (TPSA) is 102 Å². The lowest BCUT2D eigenvalue weighted by Crippen LogP contribution is -2.46. The number of phenolic OH excluding ortho intramolecular Hbond substituents is 1. The first-order chi connectivity index (χ1) is 14.1. The number of H-pyrrole nitrogens is 1. The predicted octanol–water partition coefficient (Wildman–Crippen LogP) is 3.22. The van der Waals surface area contributed by atoms with Gasteiger partial charge in [0.25, 0.3) is 5.91 Å². The number of hydrogen-bond donors (Lipinski definition) is 5. The van der Waals surface area contributed by atoms with Gasteiger partial charge in [0.05, 0.1) is 11.2 Å². The van der Waals surface area contributed by atoms with Crippen LogP contribution < -0.4 is 16.2 Å². The smallest absolute Gasteiger partial charge is 0.288 e. The molecule has 0 aliphatic heterocycles. The quantitative estimate of drug-likeness (QED) is 0.265. The number of para-hydroxylation sites is 1. The number of hydrogen-bond acceptors (Lipinski definition) is 4. The maximum absolute atomic E-state index is 12.7. The number of thiocarbonyl (C=S) groups is 1. The Kier molecular flexibility index (Phi) is 5.01. The number of nitrogens with zero attached hydrogens (tertiary/aromatic N) is 1. The summed E-state index contributed by atoms with van der Waals surface area (Å²) in [5, 5.41) is 15.0. The van der Waals surface area contributed by atoms with Gasteiger partial charge in [-0.05, 0) is 43.4 Å². The molecule has 0 fully saturated rings. The molecule has 0 aliphatic rings. The molecule has 2 aromatic heterocycles. The van der Waals surface area contributed by atoms with Gasteiger partial charge in [-0.15, -0.1) is 0 Å². The number of hydrazine groups is 1. The molecule has 5 N–H and O–H groups in total. The van der Waals surface area contributed by atoms with Crippen LogP contribution in [0.2, 0.25) is 0 Å². The minimum Gasteiger partial charge on any atom is -0.508 e. The Morgan fingerprint density at radius 2 is 1.93 bits per heavy atom. The molecule has 0 atom stereocenters. The number of fused-ring (bicyclic) bond motifs is 3. The first-order valence-electron chi connectivity index (χ1n) is 9.12. The Labute approximate surface area is 172 Å². The first-order valence-corrected chi connectivity index (χ1v) is 9.52. The van der Waals surface area contributed by atoms with Gasteiger partial charge in [-0.3, -0.25) is 15.6 Å². The van der Waals surface area contributed by atoms with Crippen molar-refractivity contribution in [1.29, 1.82) is 0 Å². The minimum atomic E-state index is -0.418. The Hall–Kier alpha value is -3.65. The Morgan fingerprint density at radius 1 is 1.10 bits per heavy atom. The summed E-state index contributed by atoms with van der Waals surface area (Å²) in [6.45, 7) is 2.55. The second-order valence-corrected chi connectivity index (χ2v) is 6.85. The van der Waals surface area contributed by atoms with Crippen LogP contribution in [-0.4, -0.2) is 32.6 Å². The number of aromatic hydroxyl groups is 1. The van der Waals surface area contributed by atoms with Gasteiger partial charge in [0.15, 0.2) is 5.11 Å². The summed E-state index contributed by atoms with van der Waals surface area (Å²) >= 11 is 5.07. The van der Waals surface area contributed by atoms with Gasteiger partial charge in [-0.1, -0.05) is 30.3 Å². The third-order valence-electron chi connectivity index (χ3n) is 4.48. The summed E-state index contributed by atoms with van der Waals surface area (Å²) < 4.78 is 0. The van der Waals surface area contributed by atoms with Crippen LogP contribution in [0.1, 0.15) is 17.4 Å². The molecule has 2 aromatic carbocycles. The van der Waals surface area contributed by atoms with Crippen molar-refractivity contribution in [2.24, 2.45) is 0 Å². The maximum atomic E-state index is 12.7. The van der Waals surface area contributed by atoms with E-state index in [9.17, 15) is 9.90 Å². The molecule has 0 spiro atoms. The second kappa shape index (κ2) is 7.76. The van der Waals surface area contributed by atoms with E-state index in [1.807, 2.05) is 37.3 Å². The third-order valence-corrected chi connectivity index (χ3v) is 4.72. The molecule has 2 heterocycles. The number of carbonyl (C=O) groups is 1. The van der Waals surface area contributed by atoms with Crippen molar-refractivity contribution in [3.63, 3.8) is 0 Å². The van der Waals surface area contributed by atoms with E-state index >= 15 is 0 Å². The van der Waals surface area contributed by atoms with Crippen LogP contribution >= 0.6 is 12.2 Å². The normalized spacial score (nSPS) is 10.8. The molecule has 29 heavy (non-hydrogen) atoms. The number of amides is 1. The highest BCUT2D eigenvalue weighted by atomic mass is 32.1. The van der Waals surface area contributed by atoms with E-state index in [4.69, 9.17) is 12.2 Å². The molecule has 7 nitrogen and oxygen atoms in total. The molecular formula is C21H19N5O2S. The molecule has 0 radical (unpaired) electrons. The van der Waals surface area contributed by atoms with E-state index in [1.165, 1.54) is 0 Å². The minimum absolute atomic E-state index is 0.126. The van der Waals surface area contributed by atoms with E-state index in [1.54, 1.807) is 24.3 Å². The number of pyridine rings is 1. The fraction of sp³-hybridized carbons (Fsp3) is 0.0952. The standard InChI is InChI=1S/C21H19N5O2S/c1-2-22-21(29)26-25-20(28)17-11-15-14-8-3-4-9-16(14)23-19(15)18(24-17)12-6-5-7-13(27)10-12/h3-11,23,27H,2H2,1H3,(H,25,28)(H2,22,26,29). The molecule has 4 rings (SSSR count). The highest BCUT2D eigenvalue weighted by Gasteiger charge is 2.17. The van der Waals surface area contributed by atoms with Crippen molar-refractivity contribution < 1.29 is 9.90 Å². The van der Waals surface area contributed by atoms with Gasteiger partial charge in [-0.25, -0.2) is 4.98 Å². The van der Waals surface area contributed by atoms with Crippen LogP contribution in [0.3, 0.4) is 0 Å². The van der Waals surface area contributed by atoms with E-state index in [0.717, 1.165) is 21.8 Å². The number of aromatic amines is 1. The molecular weight excluding hydrogens is 386 g/mol. The zero-order valence-electron chi connectivity index (χ0n) is 15.6. The lowest BCUT2D eigenvalue weighted by molar-refractivity contribution is 0.0939. The van der Waals surface area contributed by atoms with Crippen LogP contribution in [0.5, 0.6) is 5.75 Å². The van der Waals surface area contributed by atoms with Crippen LogP contribution in [-0.2, 0) is 0 Å². The van der Waals surface area contributed by atoms with Crippen LogP contribution in [0.25, 0.3) is 33.1 Å². The summed E-state index contributed by atoms with van der Waals surface area (Å²) in [6, 6.07) is 16.4. The maximum Gasteiger partial charge on any atom is 0.288 e. The fourth-order valence-corrected chi connectivity index (χ4v) is 3.40. The van der Waals surface area contributed by atoms with Gasteiger partial charge in [-0.2, -0.15) is 0 Å². The monoisotopic (exact) mass is 405 g/mol. The van der Waals surface area contributed by atoms with Crippen LogP contribution in [0.4, 0.5) is 0 Å². The number of nitrogens with one attached hydrogen (secondary N) is 4. The number of carbonyl (C=O) groups excluding carboxylic acids is 1. The Balaban J connectivity index is 1.84.